The number of thioether (sulfide) groups is 1. The number of hydrogen-bond donors (Lipinski definition) is 0. The lowest BCUT2D eigenvalue weighted by Crippen LogP contribution is -2.52. The van der Waals surface area contributed by atoms with Crippen molar-refractivity contribution >= 4 is 11.8 Å². The Morgan fingerprint density at radius 2 is 2.17 bits per heavy atom. The summed E-state index contributed by atoms with van der Waals surface area (Å²) in [5, 5.41) is 0.737. The lowest BCUT2D eigenvalue weighted by molar-refractivity contribution is 0.0368. The molecule has 0 spiro atoms. The Labute approximate surface area is 116 Å². The molecule has 0 saturated carbocycles. The molecule has 3 nitrogen and oxygen atoms in total. The van der Waals surface area contributed by atoms with Gasteiger partial charge in [-0.3, -0.25) is 4.90 Å². The first kappa shape index (κ1) is 14.6. The van der Waals surface area contributed by atoms with E-state index in [-0.39, 0.29) is 0 Å². The van der Waals surface area contributed by atoms with Crippen LogP contribution in [0.5, 0.6) is 0 Å². The SMILES string of the molecule is CCN(CC)CCCN1CCS[C@H]2COCC[C@H]21. The number of ether oxygens (including phenoxy) is 1. The van der Waals surface area contributed by atoms with Crippen LogP contribution in [0.2, 0.25) is 0 Å². The second-order valence-corrected chi connectivity index (χ2v) is 6.60. The van der Waals surface area contributed by atoms with Crippen LogP contribution in [0.1, 0.15) is 26.7 Å². The van der Waals surface area contributed by atoms with E-state index in [1.807, 2.05) is 0 Å². The second-order valence-electron chi connectivity index (χ2n) is 5.26. The summed E-state index contributed by atoms with van der Waals surface area (Å²) in [5.41, 5.74) is 0. The van der Waals surface area contributed by atoms with E-state index in [0.717, 1.165) is 24.5 Å². The van der Waals surface area contributed by atoms with Crippen LogP contribution in [0.4, 0.5) is 0 Å². The van der Waals surface area contributed by atoms with Gasteiger partial charge in [-0.2, -0.15) is 11.8 Å². The predicted molar refractivity (Wildman–Crippen MR) is 79.4 cm³/mol. The van der Waals surface area contributed by atoms with Crippen LogP contribution in [0, 0.1) is 0 Å². The van der Waals surface area contributed by atoms with Gasteiger partial charge in [-0.25, -0.2) is 0 Å². The highest BCUT2D eigenvalue weighted by atomic mass is 32.2. The molecule has 2 aliphatic heterocycles. The van der Waals surface area contributed by atoms with Crippen molar-refractivity contribution in [1.29, 1.82) is 0 Å². The van der Waals surface area contributed by atoms with Gasteiger partial charge in [0.05, 0.1) is 6.61 Å². The molecule has 106 valence electrons. The summed E-state index contributed by atoms with van der Waals surface area (Å²) >= 11 is 2.12. The molecular formula is C14H28N2OS. The predicted octanol–water partition coefficient (Wildman–Crippen LogP) is 1.92. The number of nitrogens with zero attached hydrogens (tertiary/aromatic N) is 2. The molecule has 0 aromatic heterocycles. The minimum Gasteiger partial charge on any atom is -0.380 e. The minimum atomic E-state index is 0.737. The molecule has 0 amide bonds. The number of rotatable bonds is 6. The van der Waals surface area contributed by atoms with Crippen LogP contribution >= 0.6 is 11.8 Å². The summed E-state index contributed by atoms with van der Waals surface area (Å²) in [7, 11) is 0. The van der Waals surface area contributed by atoms with Gasteiger partial charge in [0.25, 0.3) is 0 Å². The minimum absolute atomic E-state index is 0.737. The van der Waals surface area contributed by atoms with Gasteiger partial charge in [0.2, 0.25) is 0 Å². The average Bonchev–Trinajstić information content (AvgIpc) is 2.44. The molecule has 2 rings (SSSR count). The first-order chi connectivity index (χ1) is 8.85. The van der Waals surface area contributed by atoms with E-state index in [2.05, 4.69) is 35.4 Å². The van der Waals surface area contributed by atoms with Crippen LogP contribution < -0.4 is 0 Å². The van der Waals surface area contributed by atoms with Gasteiger partial charge in [0.1, 0.15) is 0 Å². The fourth-order valence-corrected chi connectivity index (χ4v) is 4.44. The summed E-state index contributed by atoms with van der Waals surface area (Å²) in [6.45, 7) is 12.6. The molecule has 2 fully saturated rings. The lowest BCUT2D eigenvalue weighted by Gasteiger charge is -2.43. The molecule has 0 aliphatic carbocycles. The average molecular weight is 272 g/mol. The molecule has 0 radical (unpaired) electrons. The molecule has 2 atom stereocenters. The Hall–Kier alpha value is 0.230. The molecule has 0 N–H and O–H groups in total. The van der Waals surface area contributed by atoms with Crippen LogP contribution in [-0.4, -0.2) is 72.8 Å². The molecule has 0 unspecified atom stereocenters. The van der Waals surface area contributed by atoms with E-state index in [1.54, 1.807) is 0 Å². The first-order valence-electron chi connectivity index (χ1n) is 7.51. The molecular weight excluding hydrogens is 244 g/mol. The lowest BCUT2D eigenvalue weighted by atomic mass is 10.1. The molecule has 2 saturated heterocycles. The monoisotopic (exact) mass is 272 g/mol. The molecule has 4 heteroatoms. The Balaban J connectivity index is 1.73. The second kappa shape index (κ2) is 7.73. The first-order valence-corrected chi connectivity index (χ1v) is 8.55. The van der Waals surface area contributed by atoms with Gasteiger partial charge in [-0.1, -0.05) is 13.8 Å². The van der Waals surface area contributed by atoms with Crippen molar-refractivity contribution in [2.75, 3.05) is 51.7 Å². The third-order valence-electron chi connectivity index (χ3n) is 4.26. The third-order valence-corrected chi connectivity index (χ3v) is 5.56. The summed E-state index contributed by atoms with van der Waals surface area (Å²) in [6.07, 6.45) is 2.55. The van der Waals surface area contributed by atoms with Crippen molar-refractivity contribution in [1.82, 2.24) is 9.80 Å². The van der Waals surface area contributed by atoms with Crippen molar-refractivity contribution in [2.24, 2.45) is 0 Å². The maximum absolute atomic E-state index is 5.61. The van der Waals surface area contributed by atoms with E-state index in [1.165, 1.54) is 51.3 Å². The topological polar surface area (TPSA) is 15.7 Å². The fourth-order valence-electron chi connectivity index (χ4n) is 3.08. The molecule has 0 aromatic carbocycles. The molecule has 0 bridgehead atoms. The van der Waals surface area contributed by atoms with Gasteiger partial charge < -0.3 is 9.64 Å². The van der Waals surface area contributed by atoms with E-state index in [4.69, 9.17) is 4.74 Å². The van der Waals surface area contributed by atoms with Gasteiger partial charge in [-0.15, -0.1) is 0 Å². The van der Waals surface area contributed by atoms with E-state index in [9.17, 15) is 0 Å². The Morgan fingerprint density at radius 3 is 2.94 bits per heavy atom. The zero-order chi connectivity index (χ0) is 12.8. The maximum Gasteiger partial charge on any atom is 0.0600 e. The van der Waals surface area contributed by atoms with Gasteiger partial charge in [0, 0.05) is 30.2 Å². The van der Waals surface area contributed by atoms with Crippen LogP contribution in [0.15, 0.2) is 0 Å². The van der Waals surface area contributed by atoms with Gasteiger partial charge in [-0.05, 0) is 39.0 Å². The maximum atomic E-state index is 5.61. The van der Waals surface area contributed by atoms with Crippen molar-refractivity contribution in [2.45, 2.75) is 38.0 Å². The Morgan fingerprint density at radius 1 is 1.33 bits per heavy atom. The summed E-state index contributed by atoms with van der Waals surface area (Å²) < 4.78 is 5.61. The fraction of sp³-hybridized carbons (Fsp3) is 1.00. The zero-order valence-electron chi connectivity index (χ0n) is 11.9. The zero-order valence-corrected chi connectivity index (χ0v) is 12.8. The van der Waals surface area contributed by atoms with Crippen molar-refractivity contribution in [3.05, 3.63) is 0 Å². The van der Waals surface area contributed by atoms with Crippen LogP contribution in [0.25, 0.3) is 0 Å². The van der Waals surface area contributed by atoms with Crippen molar-refractivity contribution in [3.8, 4) is 0 Å². The Bertz CT molecular complexity index is 234. The van der Waals surface area contributed by atoms with Crippen LogP contribution in [0.3, 0.4) is 0 Å². The Kier molecular flexibility index (Phi) is 6.29. The molecule has 2 heterocycles. The summed E-state index contributed by atoms with van der Waals surface area (Å²) in [4.78, 5) is 5.26. The highest BCUT2D eigenvalue weighted by Gasteiger charge is 2.33. The van der Waals surface area contributed by atoms with Crippen molar-refractivity contribution in [3.63, 3.8) is 0 Å². The highest BCUT2D eigenvalue weighted by molar-refractivity contribution is 8.00. The van der Waals surface area contributed by atoms with E-state index >= 15 is 0 Å². The number of fused-ring (bicyclic) bond motifs is 1. The van der Waals surface area contributed by atoms with Crippen LogP contribution in [-0.2, 0) is 4.74 Å². The quantitative estimate of drug-likeness (QED) is 0.734. The highest BCUT2D eigenvalue weighted by Crippen LogP contribution is 2.30. The third kappa shape index (κ3) is 3.86. The van der Waals surface area contributed by atoms with Gasteiger partial charge >= 0.3 is 0 Å². The molecule has 2 aliphatic rings. The standard InChI is InChI=1S/C14H28N2OS/c1-3-15(4-2)7-5-8-16-9-11-18-14-12-17-10-6-13(14)16/h13-14H,3-12H2,1-2H3/t13-,14+/m1/s1. The van der Waals surface area contributed by atoms with E-state index < -0.39 is 0 Å². The normalized spacial score (nSPS) is 29.5. The largest absolute Gasteiger partial charge is 0.380 e. The summed E-state index contributed by atoms with van der Waals surface area (Å²) in [5.74, 6) is 1.29. The van der Waals surface area contributed by atoms with Crippen molar-refractivity contribution < 1.29 is 4.74 Å². The summed E-state index contributed by atoms with van der Waals surface area (Å²) in [6, 6.07) is 0.786. The molecule has 0 aromatic rings. The smallest absolute Gasteiger partial charge is 0.0600 e. The molecule has 18 heavy (non-hydrogen) atoms. The van der Waals surface area contributed by atoms with E-state index in [0.29, 0.717) is 0 Å². The van der Waals surface area contributed by atoms with Gasteiger partial charge in [0.15, 0.2) is 0 Å². The number of hydrogen-bond acceptors (Lipinski definition) is 4.